The van der Waals surface area contributed by atoms with Crippen LogP contribution in [0.3, 0.4) is 0 Å². The van der Waals surface area contributed by atoms with Crippen molar-refractivity contribution in [1.82, 2.24) is 0 Å². The minimum Gasteiger partial charge on any atom is -0.461 e. The van der Waals surface area contributed by atoms with Gasteiger partial charge in [-0.2, -0.15) is 13.2 Å². The molecule has 2 bridgehead atoms. The van der Waals surface area contributed by atoms with Crippen LogP contribution in [-0.2, 0) is 20.5 Å². The van der Waals surface area contributed by atoms with Crippen molar-refractivity contribution in [1.29, 1.82) is 0 Å². The third kappa shape index (κ3) is 3.70. The van der Waals surface area contributed by atoms with E-state index in [-0.39, 0.29) is 45.9 Å². The molecule has 6 atom stereocenters. The van der Waals surface area contributed by atoms with E-state index in [1.165, 1.54) is 42.5 Å². The van der Waals surface area contributed by atoms with E-state index in [1.54, 1.807) is 0 Å². The number of halogens is 4. The van der Waals surface area contributed by atoms with Crippen molar-refractivity contribution in [3.05, 3.63) is 59.7 Å². The van der Waals surface area contributed by atoms with Gasteiger partial charge in [-0.05, 0) is 48.7 Å². The van der Waals surface area contributed by atoms with Gasteiger partial charge >= 0.3 is 12.1 Å². The average molecular weight is 523 g/mol. The highest BCUT2D eigenvalue weighted by Gasteiger charge is 2.67. The average Bonchev–Trinajstić information content (AvgIpc) is 3.38. The van der Waals surface area contributed by atoms with Gasteiger partial charge in [-0.1, -0.05) is 28.1 Å². The zero-order valence-corrected chi connectivity index (χ0v) is 18.5. The van der Waals surface area contributed by atoms with E-state index in [0.29, 0.717) is 5.69 Å². The number of alkyl halides is 4. The number of carbonyl (C=O) groups excluding carboxylic acids is 3. The number of amides is 2. The molecule has 6 nitrogen and oxygen atoms in total. The van der Waals surface area contributed by atoms with Gasteiger partial charge in [-0.25, -0.2) is 0 Å². The van der Waals surface area contributed by atoms with Crippen LogP contribution in [0.4, 0.5) is 24.5 Å². The molecule has 33 heavy (non-hydrogen) atoms. The third-order valence-corrected chi connectivity index (χ3v) is 7.92. The van der Waals surface area contributed by atoms with Gasteiger partial charge in [0.25, 0.3) is 5.91 Å². The number of esters is 1. The maximum atomic E-state index is 13.1. The number of hydrogen-bond acceptors (Lipinski definition) is 4. The summed E-state index contributed by atoms with van der Waals surface area (Å²) in [6.07, 6.45) is -4.01. The van der Waals surface area contributed by atoms with Gasteiger partial charge in [-0.15, -0.1) is 0 Å². The fourth-order valence-corrected chi connectivity index (χ4v) is 6.34. The Bertz CT molecular complexity index is 1140. The molecule has 10 heteroatoms. The van der Waals surface area contributed by atoms with Gasteiger partial charge in [0.05, 0.1) is 27.9 Å². The Morgan fingerprint density at radius 1 is 1.00 bits per heavy atom. The lowest BCUT2D eigenvalue weighted by Crippen LogP contribution is -2.40. The molecule has 0 aromatic heterocycles. The highest BCUT2D eigenvalue weighted by molar-refractivity contribution is 9.09. The molecule has 2 aromatic rings. The standard InChI is InChI=1S/C23H18BrF3N2O4/c24-18-12-9-13-17(22(32)33-19(13)18)16(12)21(31)28-11-7-5-10(6-8-11)20(30)29-15-4-2-1-3-14(15)23(25,26)27/h1-8,12-13,16-19H,9H2,(H,28,31)(H,29,30)/t12-,13-,16-,17-,18+,19+/m1/s1. The number of rotatable bonds is 4. The lowest BCUT2D eigenvalue weighted by molar-refractivity contribution is -0.145. The zero-order valence-electron chi connectivity index (χ0n) is 16.9. The SMILES string of the molecule is O=C(Nc1ccccc1C(F)(F)F)c1ccc(NC(=O)[C@@H]2[C@H]3C[C@H]4[C@H](OC(=O)[C@H]42)[C@H]3Br)cc1. The Balaban J connectivity index is 1.27. The highest BCUT2D eigenvalue weighted by Crippen LogP contribution is 2.60. The summed E-state index contributed by atoms with van der Waals surface area (Å²) >= 11 is 3.57. The molecular weight excluding hydrogens is 505 g/mol. The predicted molar refractivity (Wildman–Crippen MR) is 116 cm³/mol. The van der Waals surface area contributed by atoms with Crippen molar-refractivity contribution < 1.29 is 32.3 Å². The summed E-state index contributed by atoms with van der Waals surface area (Å²) in [5.41, 5.74) is -0.725. The zero-order chi connectivity index (χ0) is 23.5. The normalized spacial score (nSPS) is 29.6. The van der Waals surface area contributed by atoms with Crippen LogP contribution < -0.4 is 10.6 Å². The van der Waals surface area contributed by atoms with E-state index < -0.39 is 29.5 Å². The van der Waals surface area contributed by atoms with Crippen LogP contribution in [0.5, 0.6) is 0 Å². The van der Waals surface area contributed by atoms with Crippen molar-refractivity contribution >= 4 is 45.1 Å². The molecule has 2 N–H and O–H groups in total. The first-order valence-electron chi connectivity index (χ1n) is 10.4. The molecular formula is C23H18BrF3N2O4. The lowest BCUT2D eigenvalue weighted by atomic mass is 9.79. The first-order valence-corrected chi connectivity index (χ1v) is 11.3. The molecule has 1 heterocycles. The van der Waals surface area contributed by atoms with E-state index in [9.17, 15) is 27.6 Å². The van der Waals surface area contributed by atoms with E-state index in [1.807, 2.05) is 0 Å². The fourth-order valence-electron chi connectivity index (χ4n) is 5.29. The first kappa shape index (κ1) is 21.9. The molecule has 5 rings (SSSR count). The third-order valence-electron chi connectivity index (χ3n) is 6.72. The van der Waals surface area contributed by atoms with Gasteiger partial charge < -0.3 is 15.4 Å². The Labute approximate surface area is 195 Å². The minimum absolute atomic E-state index is 0.00945. The summed E-state index contributed by atoms with van der Waals surface area (Å²) in [6.45, 7) is 0. The second kappa shape index (κ2) is 7.86. The van der Waals surface area contributed by atoms with Gasteiger partial charge in [0, 0.05) is 17.2 Å². The number of nitrogens with one attached hydrogen (secondary N) is 2. The number of para-hydroxylation sites is 1. The lowest BCUT2D eigenvalue weighted by Gasteiger charge is -2.27. The Morgan fingerprint density at radius 3 is 2.39 bits per heavy atom. The summed E-state index contributed by atoms with van der Waals surface area (Å²) in [5.74, 6) is -2.20. The maximum absolute atomic E-state index is 13.1. The molecule has 3 fully saturated rings. The molecule has 0 unspecified atom stereocenters. The van der Waals surface area contributed by atoms with Crippen molar-refractivity contribution in [3.8, 4) is 0 Å². The van der Waals surface area contributed by atoms with Crippen LogP contribution >= 0.6 is 15.9 Å². The van der Waals surface area contributed by atoms with Crippen LogP contribution in [0.2, 0.25) is 0 Å². The van der Waals surface area contributed by atoms with Crippen LogP contribution in [0.15, 0.2) is 48.5 Å². The topological polar surface area (TPSA) is 84.5 Å². The molecule has 0 radical (unpaired) electrons. The summed E-state index contributed by atoms with van der Waals surface area (Å²) in [6, 6.07) is 10.5. The Kier molecular flexibility index (Phi) is 5.23. The molecule has 0 spiro atoms. The highest BCUT2D eigenvalue weighted by atomic mass is 79.9. The molecule has 172 valence electrons. The summed E-state index contributed by atoms with van der Waals surface area (Å²) < 4.78 is 44.8. The van der Waals surface area contributed by atoms with Crippen molar-refractivity contribution in [2.75, 3.05) is 10.6 Å². The molecule has 2 aliphatic carbocycles. The van der Waals surface area contributed by atoms with E-state index in [2.05, 4.69) is 26.6 Å². The molecule has 3 aliphatic rings. The monoisotopic (exact) mass is 522 g/mol. The van der Waals surface area contributed by atoms with Crippen molar-refractivity contribution in [3.63, 3.8) is 0 Å². The summed E-state index contributed by atoms with van der Waals surface area (Å²) in [7, 11) is 0. The van der Waals surface area contributed by atoms with E-state index >= 15 is 0 Å². The number of ether oxygens (including phenoxy) is 1. The second-order valence-corrected chi connectivity index (χ2v) is 9.58. The fraction of sp³-hybridized carbons (Fsp3) is 0.348. The number of fused-ring (bicyclic) bond motifs is 1. The summed E-state index contributed by atoms with van der Waals surface area (Å²) in [4.78, 5) is 37.6. The molecule has 2 amide bonds. The van der Waals surface area contributed by atoms with Crippen LogP contribution in [0.1, 0.15) is 22.3 Å². The Morgan fingerprint density at radius 2 is 1.70 bits per heavy atom. The minimum atomic E-state index is -4.60. The first-order chi connectivity index (χ1) is 15.6. The van der Waals surface area contributed by atoms with Crippen molar-refractivity contribution in [2.45, 2.75) is 23.5 Å². The largest absolute Gasteiger partial charge is 0.461 e. The molecule has 1 aliphatic heterocycles. The quantitative estimate of drug-likeness (QED) is 0.458. The van der Waals surface area contributed by atoms with Crippen LogP contribution in [0, 0.1) is 23.7 Å². The van der Waals surface area contributed by atoms with Gasteiger partial charge in [-0.3, -0.25) is 14.4 Å². The number of anilines is 2. The number of carbonyl (C=O) groups is 3. The van der Waals surface area contributed by atoms with E-state index in [4.69, 9.17) is 4.74 Å². The Hall–Kier alpha value is -2.88. The molecule has 2 saturated carbocycles. The maximum Gasteiger partial charge on any atom is 0.418 e. The summed E-state index contributed by atoms with van der Waals surface area (Å²) in [5, 5.41) is 5.07. The van der Waals surface area contributed by atoms with E-state index in [0.717, 1.165) is 12.5 Å². The molecule has 1 saturated heterocycles. The van der Waals surface area contributed by atoms with Crippen LogP contribution in [-0.4, -0.2) is 28.7 Å². The predicted octanol–water partition coefficient (Wildman–Crippen LogP) is 4.47. The number of hydrogen-bond donors (Lipinski definition) is 2. The van der Waals surface area contributed by atoms with Gasteiger partial charge in [0.15, 0.2) is 0 Å². The smallest absolute Gasteiger partial charge is 0.418 e. The molecule has 2 aromatic carbocycles. The second-order valence-electron chi connectivity index (χ2n) is 8.52. The van der Waals surface area contributed by atoms with Crippen molar-refractivity contribution in [2.24, 2.45) is 23.7 Å². The van der Waals surface area contributed by atoms with Crippen LogP contribution in [0.25, 0.3) is 0 Å². The number of benzene rings is 2. The van der Waals surface area contributed by atoms with Gasteiger partial charge in [0.1, 0.15) is 6.10 Å². The van der Waals surface area contributed by atoms with Gasteiger partial charge in [0.2, 0.25) is 5.91 Å².